The molecule has 4 nitrogen and oxygen atoms in total. The maximum atomic E-state index is 12.4. The van der Waals surface area contributed by atoms with Crippen molar-refractivity contribution in [3.05, 3.63) is 63.3 Å². The number of rotatable bonds is 3. The molecule has 0 saturated heterocycles. The van der Waals surface area contributed by atoms with Gasteiger partial charge in [-0.3, -0.25) is 4.79 Å². The van der Waals surface area contributed by atoms with E-state index in [9.17, 15) is 4.79 Å². The standard InChI is InChI=1S/C16H13BrClN3O/c1-9(15-20-13-4-2-3-5-14(13)21-15)19-16(22)11-8-10(17)6-7-12(11)18/h2-9H,1H3,(H,19,22)(H,20,21). The Hall–Kier alpha value is -1.85. The minimum atomic E-state index is -0.255. The summed E-state index contributed by atoms with van der Waals surface area (Å²) in [7, 11) is 0. The van der Waals surface area contributed by atoms with E-state index in [0.29, 0.717) is 16.4 Å². The number of nitrogens with one attached hydrogen (secondary N) is 2. The largest absolute Gasteiger partial charge is 0.342 e. The second kappa shape index (κ2) is 6.10. The van der Waals surface area contributed by atoms with Crippen LogP contribution in [0.3, 0.4) is 0 Å². The number of carbonyl (C=O) groups is 1. The monoisotopic (exact) mass is 377 g/mol. The third-order valence-electron chi connectivity index (χ3n) is 3.34. The Morgan fingerprint density at radius 3 is 2.86 bits per heavy atom. The predicted molar refractivity (Wildman–Crippen MR) is 91.1 cm³/mol. The van der Waals surface area contributed by atoms with E-state index in [-0.39, 0.29) is 11.9 Å². The smallest absolute Gasteiger partial charge is 0.253 e. The summed E-state index contributed by atoms with van der Waals surface area (Å²) < 4.78 is 0.804. The van der Waals surface area contributed by atoms with E-state index in [2.05, 4.69) is 31.2 Å². The molecule has 0 fully saturated rings. The van der Waals surface area contributed by atoms with Gasteiger partial charge >= 0.3 is 0 Å². The molecule has 2 N–H and O–H groups in total. The number of aromatic nitrogens is 2. The van der Waals surface area contributed by atoms with Gasteiger partial charge in [0.25, 0.3) is 5.91 Å². The van der Waals surface area contributed by atoms with Crippen LogP contribution in [-0.4, -0.2) is 15.9 Å². The normalized spacial score (nSPS) is 12.3. The molecular formula is C16H13BrClN3O. The predicted octanol–water partition coefficient (Wildman–Crippen LogP) is 4.47. The molecule has 1 aromatic heterocycles. The molecule has 0 saturated carbocycles. The zero-order valence-electron chi connectivity index (χ0n) is 11.7. The molecule has 0 spiro atoms. The zero-order valence-corrected chi connectivity index (χ0v) is 14.1. The fourth-order valence-electron chi connectivity index (χ4n) is 2.19. The van der Waals surface area contributed by atoms with Crippen molar-refractivity contribution in [1.29, 1.82) is 0 Å². The highest BCUT2D eigenvalue weighted by Gasteiger charge is 2.17. The first-order chi connectivity index (χ1) is 10.5. The van der Waals surface area contributed by atoms with Gasteiger partial charge in [0, 0.05) is 4.47 Å². The summed E-state index contributed by atoms with van der Waals surface area (Å²) >= 11 is 9.42. The first-order valence-corrected chi connectivity index (χ1v) is 7.92. The number of H-pyrrole nitrogens is 1. The van der Waals surface area contributed by atoms with Gasteiger partial charge in [-0.05, 0) is 37.3 Å². The van der Waals surface area contributed by atoms with Crippen LogP contribution in [0.2, 0.25) is 5.02 Å². The summed E-state index contributed by atoms with van der Waals surface area (Å²) in [6, 6.07) is 12.7. The second-order valence-corrected chi connectivity index (χ2v) is 6.28. The molecule has 2 aromatic carbocycles. The van der Waals surface area contributed by atoms with Crippen LogP contribution in [0.4, 0.5) is 0 Å². The van der Waals surface area contributed by atoms with Crippen molar-refractivity contribution in [2.24, 2.45) is 0 Å². The number of aromatic amines is 1. The molecule has 0 radical (unpaired) electrons. The fraction of sp³-hybridized carbons (Fsp3) is 0.125. The zero-order chi connectivity index (χ0) is 15.7. The third-order valence-corrected chi connectivity index (χ3v) is 4.16. The van der Waals surface area contributed by atoms with Gasteiger partial charge in [0.2, 0.25) is 0 Å². The molecule has 3 aromatic rings. The number of fused-ring (bicyclic) bond motifs is 1. The summed E-state index contributed by atoms with van der Waals surface area (Å²) in [5.41, 5.74) is 2.25. The van der Waals surface area contributed by atoms with Gasteiger partial charge in [-0.2, -0.15) is 0 Å². The number of hydrogen-bond acceptors (Lipinski definition) is 2. The Morgan fingerprint density at radius 2 is 2.09 bits per heavy atom. The van der Waals surface area contributed by atoms with Gasteiger partial charge in [0.05, 0.1) is 27.7 Å². The Labute approximate surface area is 141 Å². The molecule has 0 aliphatic carbocycles. The Kier molecular flexibility index (Phi) is 4.18. The molecule has 0 aliphatic rings. The number of benzene rings is 2. The van der Waals surface area contributed by atoms with Crippen LogP contribution in [0.1, 0.15) is 29.1 Å². The van der Waals surface area contributed by atoms with Crippen molar-refractivity contribution in [3.63, 3.8) is 0 Å². The van der Waals surface area contributed by atoms with Gasteiger partial charge in [0.15, 0.2) is 0 Å². The van der Waals surface area contributed by atoms with Crippen molar-refractivity contribution in [2.75, 3.05) is 0 Å². The lowest BCUT2D eigenvalue weighted by Gasteiger charge is -2.12. The van der Waals surface area contributed by atoms with Gasteiger partial charge in [-0.25, -0.2) is 4.98 Å². The number of imidazole rings is 1. The number of carbonyl (C=O) groups excluding carboxylic acids is 1. The lowest BCUT2D eigenvalue weighted by molar-refractivity contribution is 0.0938. The van der Waals surface area contributed by atoms with E-state index < -0.39 is 0 Å². The Balaban J connectivity index is 1.82. The maximum absolute atomic E-state index is 12.4. The summed E-state index contributed by atoms with van der Waals surface area (Å²) in [6.07, 6.45) is 0. The van der Waals surface area contributed by atoms with Crippen LogP contribution >= 0.6 is 27.5 Å². The van der Waals surface area contributed by atoms with E-state index in [1.807, 2.05) is 31.2 Å². The summed E-state index contributed by atoms with van der Waals surface area (Å²) in [4.78, 5) is 20.1. The highest BCUT2D eigenvalue weighted by Crippen LogP contribution is 2.22. The van der Waals surface area contributed by atoms with Crippen LogP contribution in [0.15, 0.2) is 46.9 Å². The van der Waals surface area contributed by atoms with Crippen LogP contribution < -0.4 is 5.32 Å². The SMILES string of the molecule is CC(NC(=O)c1cc(Br)ccc1Cl)c1nc2ccccc2[nH]1. The topological polar surface area (TPSA) is 57.8 Å². The van der Waals surface area contributed by atoms with Crippen molar-refractivity contribution >= 4 is 44.5 Å². The number of halogens is 2. The third kappa shape index (κ3) is 3.00. The quantitative estimate of drug-likeness (QED) is 0.706. The summed E-state index contributed by atoms with van der Waals surface area (Å²) in [5.74, 6) is 0.472. The molecular weight excluding hydrogens is 366 g/mol. The Bertz CT molecular complexity index is 813. The van der Waals surface area contributed by atoms with E-state index in [0.717, 1.165) is 15.5 Å². The lowest BCUT2D eigenvalue weighted by Crippen LogP contribution is -2.27. The number of hydrogen-bond donors (Lipinski definition) is 2. The number of amides is 1. The first kappa shape index (κ1) is 15.1. The highest BCUT2D eigenvalue weighted by atomic mass is 79.9. The molecule has 1 atom stereocenters. The molecule has 1 heterocycles. The number of nitrogens with zero attached hydrogens (tertiary/aromatic N) is 1. The van der Waals surface area contributed by atoms with E-state index in [1.54, 1.807) is 18.2 Å². The fourth-order valence-corrected chi connectivity index (χ4v) is 2.76. The van der Waals surface area contributed by atoms with Gasteiger partial charge in [0.1, 0.15) is 5.82 Å². The highest BCUT2D eigenvalue weighted by molar-refractivity contribution is 9.10. The van der Waals surface area contributed by atoms with Crippen molar-refractivity contribution < 1.29 is 4.79 Å². The Morgan fingerprint density at radius 1 is 1.32 bits per heavy atom. The van der Waals surface area contributed by atoms with E-state index in [1.165, 1.54) is 0 Å². The average Bonchev–Trinajstić information content (AvgIpc) is 2.93. The molecule has 6 heteroatoms. The lowest BCUT2D eigenvalue weighted by atomic mass is 10.2. The van der Waals surface area contributed by atoms with Crippen molar-refractivity contribution in [2.45, 2.75) is 13.0 Å². The average molecular weight is 379 g/mol. The van der Waals surface area contributed by atoms with Gasteiger partial charge < -0.3 is 10.3 Å². The van der Waals surface area contributed by atoms with Crippen LogP contribution in [0, 0.1) is 0 Å². The van der Waals surface area contributed by atoms with Gasteiger partial charge in [-0.1, -0.05) is 39.7 Å². The summed E-state index contributed by atoms with van der Waals surface area (Å²) in [6.45, 7) is 1.88. The van der Waals surface area contributed by atoms with Crippen LogP contribution in [0.25, 0.3) is 11.0 Å². The second-order valence-electron chi connectivity index (χ2n) is 4.96. The molecule has 0 aliphatic heterocycles. The molecule has 22 heavy (non-hydrogen) atoms. The maximum Gasteiger partial charge on any atom is 0.253 e. The molecule has 1 unspecified atom stereocenters. The van der Waals surface area contributed by atoms with Crippen LogP contribution in [-0.2, 0) is 0 Å². The van der Waals surface area contributed by atoms with E-state index >= 15 is 0 Å². The first-order valence-electron chi connectivity index (χ1n) is 6.75. The number of para-hydroxylation sites is 2. The van der Waals surface area contributed by atoms with Crippen molar-refractivity contribution in [1.82, 2.24) is 15.3 Å². The van der Waals surface area contributed by atoms with Crippen LogP contribution in [0.5, 0.6) is 0 Å². The molecule has 1 amide bonds. The molecule has 0 bridgehead atoms. The minimum absolute atomic E-state index is 0.237. The molecule has 3 rings (SSSR count). The summed E-state index contributed by atoms with van der Waals surface area (Å²) in [5, 5.41) is 3.32. The van der Waals surface area contributed by atoms with Gasteiger partial charge in [-0.15, -0.1) is 0 Å². The molecule has 112 valence electrons. The van der Waals surface area contributed by atoms with Crippen molar-refractivity contribution in [3.8, 4) is 0 Å². The van der Waals surface area contributed by atoms with E-state index in [4.69, 9.17) is 11.6 Å². The minimum Gasteiger partial charge on any atom is -0.342 e.